The zero-order valence-corrected chi connectivity index (χ0v) is 27.9. The lowest BCUT2D eigenvalue weighted by Gasteiger charge is -2.43. The maximum Gasteiger partial charge on any atom is 0.471 e. The Balaban J connectivity index is 1.40. The van der Waals surface area contributed by atoms with E-state index in [1.807, 2.05) is 0 Å². The van der Waals surface area contributed by atoms with Gasteiger partial charge < -0.3 is 44.7 Å². The Morgan fingerprint density at radius 3 is 2.30 bits per heavy atom. The summed E-state index contributed by atoms with van der Waals surface area (Å²) in [6.07, 6.45) is -13.6. The highest BCUT2D eigenvalue weighted by Gasteiger charge is 2.51. The number of hydrogen-bond donors (Lipinski definition) is 5. The molecule has 5 N–H and O–H groups in total. The number of halogens is 3. The Bertz CT molecular complexity index is 2020. The van der Waals surface area contributed by atoms with E-state index in [-0.39, 0.29) is 28.0 Å². The maximum absolute atomic E-state index is 13.9. The molecule has 1 amide bonds. The summed E-state index contributed by atoms with van der Waals surface area (Å²) in [5, 5.41) is 46.2. The minimum atomic E-state index is -5.34. The Labute approximate surface area is 298 Å². The summed E-state index contributed by atoms with van der Waals surface area (Å²) >= 11 is 0. The summed E-state index contributed by atoms with van der Waals surface area (Å²) in [5.41, 5.74) is -4.85. The molecule has 0 spiro atoms. The van der Waals surface area contributed by atoms with Gasteiger partial charge in [-0.1, -0.05) is 30.3 Å². The molecular weight excluding hydrogens is 711 g/mol. The molecule has 0 radical (unpaired) electrons. The first-order valence-electron chi connectivity index (χ1n) is 16.2. The van der Waals surface area contributed by atoms with Crippen LogP contribution in [0.3, 0.4) is 0 Å². The highest BCUT2D eigenvalue weighted by molar-refractivity contribution is 6.31. The molecule has 3 aliphatic rings. The van der Waals surface area contributed by atoms with E-state index in [1.54, 1.807) is 11.4 Å². The van der Waals surface area contributed by atoms with Crippen LogP contribution in [-0.4, -0.2) is 99.7 Å². The first kappa shape index (κ1) is 37.4. The van der Waals surface area contributed by atoms with E-state index in [0.29, 0.717) is 0 Å². The summed E-state index contributed by atoms with van der Waals surface area (Å²) < 4.78 is 63.0. The zero-order chi connectivity index (χ0) is 38.6. The largest absolute Gasteiger partial charge is 0.507 e. The molecule has 14 nitrogen and oxygen atoms in total. The lowest BCUT2D eigenvalue weighted by Crippen LogP contribution is -2.59. The quantitative estimate of drug-likeness (QED) is 0.130. The van der Waals surface area contributed by atoms with Crippen LogP contribution in [0.4, 0.5) is 13.2 Å². The van der Waals surface area contributed by atoms with Crippen LogP contribution < -0.4 is 10.1 Å². The van der Waals surface area contributed by atoms with Gasteiger partial charge in [-0.3, -0.25) is 19.2 Å². The lowest BCUT2D eigenvalue weighted by molar-refractivity contribution is -0.250. The second-order valence-corrected chi connectivity index (χ2v) is 12.8. The number of rotatable bonds is 8. The highest BCUT2D eigenvalue weighted by Crippen LogP contribution is 2.52. The van der Waals surface area contributed by atoms with E-state index in [4.69, 9.17) is 18.9 Å². The summed E-state index contributed by atoms with van der Waals surface area (Å²) in [4.78, 5) is 65.5. The number of nitrogens with one attached hydrogen (secondary N) is 1. The molecule has 1 aliphatic heterocycles. The van der Waals surface area contributed by atoms with Gasteiger partial charge in [0.1, 0.15) is 35.6 Å². The molecule has 1 fully saturated rings. The number of aromatic hydroxyl groups is 2. The average Bonchev–Trinajstić information content (AvgIpc) is 3.12. The van der Waals surface area contributed by atoms with Crippen molar-refractivity contribution in [3.05, 3.63) is 87.5 Å². The number of carbonyl (C=O) groups excluding carboxylic acids is 5. The van der Waals surface area contributed by atoms with Crippen LogP contribution in [0.25, 0.3) is 0 Å². The molecule has 6 atom stereocenters. The van der Waals surface area contributed by atoms with E-state index in [1.165, 1.54) is 56.5 Å². The van der Waals surface area contributed by atoms with Crippen LogP contribution in [0.5, 0.6) is 17.2 Å². The first-order valence-corrected chi connectivity index (χ1v) is 16.2. The Morgan fingerprint density at radius 1 is 0.981 bits per heavy atom. The molecule has 6 rings (SSSR count). The molecular formula is C36H32F3NO13. The summed E-state index contributed by atoms with van der Waals surface area (Å²) in [7, 11) is 1.25. The standard InChI is InChI=1S/C36H32F3NO13/c1-15-32(53-33(47)16-7-4-3-5-8-16)19(40-34(48)36(37,38)39)11-23(51-15)52-21-13-35(49,22(42)14-41)12-18-25(21)31(46)27-26(29(18)44)28(43)17-9-6-10-20(50-2)24(17)30(27)45/h3-10,15,19,21,23,32,41,44,46,49H,11-14H2,1-2H3,(H,40,48)/t15-,19-,21-,23-,32+,35-/m0/s1. The highest BCUT2D eigenvalue weighted by atomic mass is 19.4. The SMILES string of the molecule is COc1cccc2c1C(=O)c1c(O)c3c(c(O)c1C2=O)C[C@@](O)(C(=O)CO)C[C@@H]3O[C@H]1C[C@H](NC(=O)C(F)(F)F)[C@H](OC(=O)c2ccccc2)[C@H](C)O1. The van der Waals surface area contributed by atoms with E-state index in [9.17, 15) is 57.6 Å². The third kappa shape index (κ3) is 6.60. The summed E-state index contributed by atoms with van der Waals surface area (Å²) in [6, 6.07) is 9.99. The van der Waals surface area contributed by atoms with Crippen molar-refractivity contribution in [2.24, 2.45) is 0 Å². The second kappa shape index (κ2) is 13.9. The molecule has 3 aromatic carbocycles. The number of hydrogen-bond acceptors (Lipinski definition) is 13. The van der Waals surface area contributed by atoms with Crippen molar-refractivity contribution >= 4 is 29.2 Å². The number of ketones is 3. The minimum Gasteiger partial charge on any atom is -0.507 e. The zero-order valence-electron chi connectivity index (χ0n) is 27.9. The van der Waals surface area contributed by atoms with Crippen molar-refractivity contribution < 1.29 is 76.5 Å². The van der Waals surface area contributed by atoms with Gasteiger partial charge in [0.25, 0.3) is 0 Å². The number of benzene rings is 3. The third-order valence-corrected chi connectivity index (χ3v) is 9.55. The minimum absolute atomic E-state index is 0.0158. The molecule has 17 heteroatoms. The molecule has 1 heterocycles. The predicted molar refractivity (Wildman–Crippen MR) is 171 cm³/mol. The summed E-state index contributed by atoms with van der Waals surface area (Å²) in [5.74, 6) is -8.03. The van der Waals surface area contributed by atoms with Crippen molar-refractivity contribution in [3.63, 3.8) is 0 Å². The van der Waals surface area contributed by atoms with E-state index in [0.717, 1.165) is 0 Å². The number of carbonyl (C=O) groups is 5. The van der Waals surface area contributed by atoms with Crippen LogP contribution >= 0.6 is 0 Å². The maximum atomic E-state index is 13.9. The van der Waals surface area contributed by atoms with Crippen LogP contribution in [0.15, 0.2) is 48.5 Å². The topological polar surface area (TPSA) is 215 Å². The lowest BCUT2D eigenvalue weighted by atomic mass is 9.72. The average molecular weight is 744 g/mol. The Kier molecular flexibility index (Phi) is 9.80. The molecule has 0 unspecified atom stereocenters. The van der Waals surface area contributed by atoms with Crippen molar-refractivity contribution in [2.75, 3.05) is 13.7 Å². The molecule has 2 aliphatic carbocycles. The number of esters is 1. The smallest absolute Gasteiger partial charge is 0.471 e. The number of amides is 1. The van der Waals surface area contributed by atoms with Gasteiger partial charge in [-0.15, -0.1) is 0 Å². The fraction of sp³-hybridized carbons (Fsp3) is 0.361. The van der Waals surface area contributed by atoms with Crippen molar-refractivity contribution in [1.82, 2.24) is 5.32 Å². The number of Topliss-reactive ketones (excluding diaryl/α,β-unsaturated/α-hetero) is 1. The second-order valence-electron chi connectivity index (χ2n) is 12.8. The predicted octanol–water partition coefficient (Wildman–Crippen LogP) is 2.59. The van der Waals surface area contributed by atoms with Crippen LogP contribution in [0.1, 0.15) is 79.2 Å². The van der Waals surface area contributed by atoms with Gasteiger partial charge in [-0.2, -0.15) is 13.2 Å². The van der Waals surface area contributed by atoms with E-state index >= 15 is 0 Å². The van der Waals surface area contributed by atoms with Crippen LogP contribution in [-0.2, 0) is 30.2 Å². The number of aliphatic hydroxyl groups is 2. The molecule has 0 aromatic heterocycles. The normalized spacial score (nSPS) is 25.1. The van der Waals surface area contributed by atoms with Gasteiger partial charge in [0.05, 0.1) is 47.6 Å². The van der Waals surface area contributed by atoms with Gasteiger partial charge in [0, 0.05) is 36.0 Å². The number of fused-ring (bicyclic) bond motifs is 3. The monoisotopic (exact) mass is 743 g/mol. The Morgan fingerprint density at radius 2 is 1.66 bits per heavy atom. The third-order valence-electron chi connectivity index (χ3n) is 9.55. The van der Waals surface area contributed by atoms with Gasteiger partial charge in [0.2, 0.25) is 5.78 Å². The van der Waals surface area contributed by atoms with E-state index < -0.39 is 126 Å². The number of alkyl halides is 3. The molecule has 280 valence electrons. The van der Waals surface area contributed by atoms with Crippen molar-refractivity contribution in [3.8, 4) is 17.2 Å². The summed E-state index contributed by atoms with van der Waals surface area (Å²) in [6.45, 7) is 0.137. The molecule has 0 bridgehead atoms. The number of phenols is 2. The molecule has 0 saturated carbocycles. The number of methoxy groups -OCH3 is 1. The van der Waals surface area contributed by atoms with Crippen LogP contribution in [0, 0.1) is 0 Å². The number of ether oxygens (including phenoxy) is 4. The molecule has 1 saturated heterocycles. The van der Waals surface area contributed by atoms with Gasteiger partial charge >= 0.3 is 18.1 Å². The fourth-order valence-electron chi connectivity index (χ4n) is 7.04. The van der Waals surface area contributed by atoms with Gasteiger partial charge in [-0.25, -0.2) is 4.79 Å². The van der Waals surface area contributed by atoms with Crippen molar-refractivity contribution in [1.29, 1.82) is 0 Å². The van der Waals surface area contributed by atoms with Gasteiger partial charge in [0.15, 0.2) is 17.9 Å². The Hall–Kier alpha value is -5.36. The number of aliphatic hydroxyl groups excluding tert-OH is 1. The molecule has 53 heavy (non-hydrogen) atoms. The van der Waals surface area contributed by atoms with Gasteiger partial charge in [-0.05, 0) is 25.1 Å². The first-order chi connectivity index (χ1) is 25.0. The van der Waals surface area contributed by atoms with Crippen LogP contribution in [0.2, 0.25) is 0 Å². The molecule has 3 aromatic rings. The van der Waals surface area contributed by atoms with E-state index in [2.05, 4.69) is 0 Å². The van der Waals surface area contributed by atoms with Crippen molar-refractivity contribution in [2.45, 2.75) is 68.6 Å². The fourth-order valence-corrected chi connectivity index (χ4v) is 7.04. The number of phenolic OH excluding ortho intramolecular Hbond substituents is 2.